The van der Waals surface area contributed by atoms with Crippen molar-refractivity contribution in [2.24, 2.45) is 0 Å². The molecule has 1 saturated heterocycles. The van der Waals surface area contributed by atoms with Crippen LogP contribution < -0.4 is 14.8 Å². The summed E-state index contributed by atoms with van der Waals surface area (Å²) >= 11 is 0. The molecule has 8 heteroatoms. The standard InChI is InChI=1S/C15H18F2N2O4/c1-19-8-10(4-6-13(19)20)18-14(21)9-3-5-11(22-2)12(7-9)23-15(16)17/h3,5,7,10,15H,4,6,8H2,1-2H3,(H,18,21). The van der Waals surface area contributed by atoms with Gasteiger partial charge in [0.1, 0.15) is 0 Å². The summed E-state index contributed by atoms with van der Waals surface area (Å²) in [7, 11) is 2.99. The zero-order chi connectivity index (χ0) is 17.0. The molecule has 0 radical (unpaired) electrons. The van der Waals surface area contributed by atoms with Crippen LogP contribution in [0.25, 0.3) is 0 Å². The maximum absolute atomic E-state index is 12.4. The van der Waals surface area contributed by atoms with Crippen LogP contribution in [0.15, 0.2) is 18.2 Å². The van der Waals surface area contributed by atoms with Crippen LogP contribution >= 0.6 is 0 Å². The number of benzene rings is 1. The largest absolute Gasteiger partial charge is 0.493 e. The number of hydrogen-bond donors (Lipinski definition) is 1. The number of piperidine rings is 1. The number of likely N-dealkylation sites (N-methyl/N-ethyl adjacent to an activating group) is 1. The van der Waals surface area contributed by atoms with Gasteiger partial charge < -0.3 is 19.7 Å². The summed E-state index contributed by atoms with van der Waals surface area (Å²) in [6, 6.07) is 3.89. The lowest BCUT2D eigenvalue weighted by atomic mass is 10.0. The highest BCUT2D eigenvalue weighted by molar-refractivity contribution is 5.95. The maximum Gasteiger partial charge on any atom is 0.387 e. The average molecular weight is 328 g/mol. The quantitative estimate of drug-likeness (QED) is 0.892. The van der Waals surface area contributed by atoms with Gasteiger partial charge in [0.25, 0.3) is 5.91 Å². The number of carbonyl (C=O) groups is 2. The first-order valence-electron chi connectivity index (χ1n) is 7.08. The monoisotopic (exact) mass is 328 g/mol. The molecule has 1 aliphatic rings. The number of likely N-dealkylation sites (tertiary alicyclic amines) is 1. The van der Waals surface area contributed by atoms with Crippen molar-refractivity contribution >= 4 is 11.8 Å². The van der Waals surface area contributed by atoms with Crippen LogP contribution in [-0.2, 0) is 4.79 Å². The molecule has 1 heterocycles. The van der Waals surface area contributed by atoms with Gasteiger partial charge in [-0.1, -0.05) is 0 Å². The first kappa shape index (κ1) is 17.0. The van der Waals surface area contributed by atoms with E-state index in [1.165, 1.54) is 25.3 Å². The summed E-state index contributed by atoms with van der Waals surface area (Å²) in [4.78, 5) is 25.2. The molecular formula is C15H18F2N2O4. The lowest BCUT2D eigenvalue weighted by Crippen LogP contribution is -2.48. The Hall–Kier alpha value is -2.38. The smallest absolute Gasteiger partial charge is 0.387 e. The molecule has 0 spiro atoms. The Balaban J connectivity index is 2.08. The fraction of sp³-hybridized carbons (Fsp3) is 0.467. The summed E-state index contributed by atoms with van der Waals surface area (Å²) < 4.78 is 34.1. The minimum atomic E-state index is -3.01. The van der Waals surface area contributed by atoms with E-state index in [-0.39, 0.29) is 29.0 Å². The van der Waals surface area contributed by atoms with Gasteiger partial charge in [0.05, 0.1) is 7.11 Å². The van der Waals surface area contributed by atoms with Crippen LogP contribution in [0.3, 0.4) is 0 Å². The Bertz CT molecular complexity index is 595. The molecule has 1 atom stereocenters. The summed E-state index contributed by atoms with van der Waals surface area (Å²) in [5, 5.41) is 2.79. The number of methoxy groups -OCH3 is 1. The molecule has 2 amide bonds. The maximum atomic E-state index is 12.4. The number of rotatable bonds is 5. The second kappa shape index (κ2) is 7.26. The Kier molecular flexibility index (Phi) is 5.36. The second-order valence-electron chi connectivity index (χ2n) is 5.23. The van der Waals surface area contributed by atoms with Crippen molar-refractivity contribution in [3.05, 3.63) is 23.8 Å². The first-order valence-corrected chi connectivity index (χ1v) is 7.08. The van der Waals surface area contributed by atoms with E-state index in [2.05, 4.69) is 10.1 Å². The third-order valence-electron chi connectivity index (χ3n) is 3.60. The molecule has 2 rings (SSSR count). The van der Waals surface area contributed by atoms with Gasteiger partial charge in [-0.3, -0.25) is 9.59 Å². The molecule has 0 saturated carbocycles. The number of carbonyl (C=O) groups excluding carboxylic acids is 2. The van der Waals surface area contributed by atoms with E-state index in [1.54, 1.807) is 11.9 Å². The topological polar surface area (TPSA) is 67.9 Å². The normalized spacial score (nSPS) is 18.0. The first-order chi connectivity index (χ1) is 10.9. The molecule has 1 unspecified atom stereocenters. The molecular weight excluding hydrogens is 310 g/mol. The molecule has 1 aromatic carbocycles. The van der Waals surface area contributed by atoms with E-state index in [4.69, 9.17) is 4.74 Å². The summed E-state index contributed by atoms with van der Waals surface area (Å²) in [6.45, 7) is -2.60. The molecule has 23 heavy (non-hydrogen) atoms. The molecule has 1 fully saturated rings. The Morgan fingerprint density at radius 1 is 1.39 bits per heavy atom. The molecule has 0 aliphatic carbocycles. The third-order valence-corrected chi connectivity index (χ3v) is 3.60. The minimum Gasteiger partial charge on any atom is -0.493 e. The van der Waals surface area contributed by atoms with E-state index >= 15 is 0 Å². The number of amides is 2. The zero-order valence-electron chi connectivity index (χ0n) is 12.8. The fourth-order valence-electron chi connectivity index (χ4n) is 2.40. The summed E-state index contributed by atoms with van der Waals surface area (Å²) in [5.74, 6) is -0.469. The van der Waals surface area contributed by atoms with Crippen LogP contribution in [0.1, 0.15) is 23.2 Å². The van der Waals surface area contributed by atoms with E-state index < -0.39 is 12.5 Å². The Labute approximate surface area is 132 Å². The van der Waals surface area contributed by atoms with Crippen LogP contribution in [-0.4, -0.2) is 50.1 Å². The van der Waals surface area contributed by atoms with Crippen molar-refractivity contribution in [1.29, 1.82) is 0 Å². The van der Waals surface area contributed by atoms with Crippen molar-refractivity contribution < 1.29 is 27.8 Å². The van der Waals surface area contributed by atoms with Crippen molar-refractivity contribution in [3.63, 3.8) is 0 Å². The highest BCUT2D eigenvalue weighted by Crippen LogP contribution is 2.29. The van der Waals surface area contributed by atoms with Crippen LogP contribution in [0.4, 0.5) is 8.78 Å². The van der Waals surface area contributed by atoms with E-state index in [9.17, 15) is 18.4 Å². The lowest BCUT2D eigenvalue weighted by molar-refractivity contribution is -0.132. The number of nitrogens with zero attached hydrogens (tertiary/aromatic N) is 1. The Morgan fingerprint density at radius 3 is 2.74 bits per heavy atom. The fourth-order valence-corrected chi connectivity index (χ4v) is 2.40. The van der Waals surface area contributed by atoms with Gasteiger partial charge in [-0.25, -0.2) is 0 Å². The van der Waals surface area contributed by atoms with Crippen molar-refractivity contribution in [1.82, 2.24) is 10.2 Å². The van der Waals surface area contributed by atoms with Gasteiger partial charge in [-0.15, -0.1) is 0 Å². The number of nitrogens with one attached hydrogen (secondary N) is 1. The molecule has 1 aromatic rings. The predicted molar refractivity (Wildman–Crippen MR) is 77.8 cm³/mol. The third kappa shape index (κ3) is 4.30. The number of halogens is 2. The van der Waals surface area contributed by atoms with Gasteiger partial charge in [0.2, 0.25) is 5.91 Å². The average Bonchev–Trinajstić information content (AvgIpc) is 2.50. The van der Waals surface area contributed by atoms with E-state index in [0.717, 1.165) is 0 Å². The van der Waals surface area contributed by atoms with Crippen LogP contribution in [0.5, 0.6) is 11.5 Å². The van der Waals surface area contributed by atoms with Gasteiger partial charge in [-0.2, -0.15) is 8.78 Å². The van der Waals surface area contributed by atoms with Crippen molar-refractivity contribution in [2.45, 2.75) is 25.5 Å². The molecule has 126 valence electrons. The highest BCUT2D eigenvalue weighted by Gasteiger charge is 2.24. The minimum absolute atomic E-state index is 0.0348. The van der Waals surface area contributed by atoms with Crippen molar-refractivity contribution in [2.75, 3.05) is 20.7 Å². The second-order valence-corrected chi connectivity index (χ2v) is 5.23. The van der Waals surface area contributed by atoms with E-state index in [1.807, 2.05) is 0 Å². The molecule has 1 aliphatic heterocycles. The molecule has 0 aromatic heterocycles. The molecule has 6 nitrogen and oxygen atoms in total. The van der Waals surface area contributed by atoms with Gasteiger partial charge >= 0.3 is 6.61 Å². The van der Waals surface area contributed by atoms with Gasteiger partial charge in [0, 0.05) is 31.6 Å². The van der Waals surface area contributed by atoms with Crippen LogP contribution in [0, 0.1) is 0 Å². The predicted octanol–water partition coefficient (Wildman–Crippen LogP) is 1.65. The molecule has 0 bridgehead atoms. The zero-order valence-corrected chi connectivity index (χ0v) is 12.8. The summed E-state index contributed by atoms with van der Waals surface area (Å²) in [5.41, 5.74) is 0.181. The highest BCUT2D eigenvalue weighted by atomic mass is 19.3. The van der Waals surface area contributed by atoms with Crippen LogP contribution in [0.2, 0.25) is 0 Å². The van der Waals surface area contributed by atoms with Gasteiger partial charge in [-0.05, 0) is 24.6 Å². The summed E-state index contributed by atoms with van der Waals surface area (Å²) in [6.07, 6.45) is 0.912. The van der Waals surface area contributed by atoms with Crippen molar-refractivity contribution in [3.8, 4) is 11.5 Å². The molecule has 1 N–H and O–H groups in total. The lowest BCUT2D eigenvalue weighted by Gasteiger charge is -2.30. The van der Waals surface area contributed by atoms with E-state index in [0.29, 0.717) is 19.4 Å². The Morgan fingerprint density at radius 2 is 2.13 bits per heavy atom. The van der Waals surface area contributed by atoms with Gasteiger partial charge in [0.15, 0.2) is 11.5 Å². The number of ether oxygens (including phenoxy) is 2. The number of alkyl halides is 2. The SMILES string of the molecule is COc1ccc(C(=O)NC2CCC(=O)N(C)C2)cc1OC(F)F. The number of hydrogen-bond acceptors (Lipinski definition) is 4.